The number of thioether (sulfide) groups is 1. The third-order valence-corrected chi connectivity index (χ3v) is 8.05. The second kappa shape index (κ2) is 17.8. The Morgan fingerprint density at radius 1 is 1.02 bits per heavy atom. The maximum Gasteiger partial charge on any atom is 0.469 e. The van der Waals surface area contributed by atoms with E-state index in [2.05, 4.69) is 41.1 Å². The smallest absolute Gasteiger partial charge is 0.469 e. The number of carboxylic acids is 1. The number of nitrogens with one attached hydrogen (secondary N) is 6. The number of hydrogen-bond donors (Lipinski definition) is 10. The van der Waals surface area contributed by atoms with Crippen LogP contribution in [0.3, 0.4) is 0 Å². The molecule has 1 fully saturated rings. The van der Waals surface area contributed by atoms with E-state index in [1.165, 1.54) is 12.5 Å². The van der Waals surface area contributed by atoms with Gasteiger partial charge in [-0.05, 0) is 13.3 Å². The summed E-state index contributed by atoms with van der Waals surface area (Å²) in [6, 6.07) is -7.73. The molecule has 1 saturated heterocycles. The average molecular weight is 680 g/mol. The van der Waals surface area contributed by atoms with E-state index < -0.39 is 86.2 Å². The van der Waals surface area contributed by atoms with E-state index >= 15 is 0 Å². The number of imidazole rings is 1. The highest BCUT2D eigenvalue weighted by Gasteiger charge is 2.37. The number of carbonyl (C=O) groups is 6. The Bertz CT molecular complexity index is 1250. The molecular weight excluding hydrogens is 641 g/mol. The molecule has 1 aromatic rings. The molecule has 19 nitrogen and oxygen atoms in total. The minimum atomic E-state index is -5.22. The highest BCUT2D eigenvalue weighted by Crippen LogP contribution is 2.38. The zero-order valence-corrected chi connectivity index (χ0v) is 26.1. The quantitative estimate of drug-likeness (QED) is 0.110. The summed E-state index contributed by atoms with van der Waals surface area (Å²) in [6.07, 6.45) is 2.27. The van der Waals surface area contributed by atoms with E-state index in [9.17, 15) is 53.3 Å². The van der Waals surface area contributed by atoms with Crippen LogP contribution in [0.4, 0.5) is 0 Å². The fourth-order valence-electron chi connectivity index (χ4n) is 4.11. The Kier molecular flexibility index (Phi) is 14.9. The van der Waals surface area contributed by atoms with Gasteiger partial charge in [-0.15, -0.1) is 11.8 Å². The normalized spacial score (nSPS) is 25.4. The van der Waals surface area contributed by atoms with Gasteiger partial charge >= 0.3 is 13.8 Å². The van der Waals surface area contributed by atoms with Gasteiger partial charge in [-0.1, -0.05) is 19.8 Å². The summed E-state index contributed by atoms with van der Waals surface area (Å²) >= 11 is 0.807. The van der Waals surface area contributed by atoms with Gasteiger partial charge in [0.25, 0.3) is 0 Å². The number of carbonyl (C=O) groups excluding carboxylic acids is 5. The molecular formula is C24H38N7O12PS. The molecule has 0 aromatic carbocycles. The molecule has 21 heteroatoms. The van der Waals surface area contributed by atoms with E-state index in [-0.39, 0.29) is 24.3 Å². The van der Waals surface area contributed by atoms with Crippen LogP contribution in [0.1, 0.15) is 38.8 Å². The summed E-state index contributed by atoms with van der Waals surface area (Å²) in [4.78, 5) is 103. The second-order valence-electron chi connectivity index (χ2n) is 10.1. The molecule has 2 heterocycles. The minimum absolute atomic E-state index is 0.142. The number of aromatic nitrogens is 2. The number of aliphatic hydroxyl groups excluding tert-OH is 1. The highest BCUT2D eigenvalue weighted by molar-refractivity contribution is 8.00. The fraction of sp³-hybridized carbons (Fsp3) is 0.625. The van der Waals surface area contributed by atoms with Gasteiger partial charge < -0.3 is 51.6 Å². The van der Waals surface area contributed by atoms with E-state index in [0.717, 1.165) is 18.7 Å². The Morgan fingerprint density at radius 2 is 1.67 bits per heavy atom. The van der Waals surface area contributed by atoms with Crippen LogP contribution < -0.4 is 26.6 Å². The van der Waals surface area contributed by atoms with Gasteiger partial charge in [-0.2, -0.15) is 0 Å². The Hall–Kier alpha value is -3.55. The molecule has 0 unspecified atom stereocenters. The van der Waals surface area contributed by atoms with Crippen LogP contribution in [0.2, 0.25) is 0 Å². The Balaban J connectivity index is 2.48. The monoisotopic (exact) mass is 679 g/mol. The van der Waals surface area contributed by atoms with Crippen LogP contribution in [0.25, 0.3) is 0 Å². The summed E-state index contributed by atoms with van der Waals surface area (Å²) < 4.78 is 16.0. The number of nitrogens with zero attached hydrogens (tertiary/aromatic N) is 1. The van der Waals surface area contributed by atoms with Crippen LogP contribution in [0.5, 0.6) is 0 Å². The maximum absolute atomic E-state index is 13.4. The van der Waals surface area contributed by atoms with Crippen molar-refractivity contribution in [3.8, 4) is 0 Å². The fourth-order valence-corrected chi connectivity index (χ4v) is 5.51. The number of H-pyrrole nitrogens is 1. The second-order valence-corrected chi connectivity index (χ2v) is 12.3. The van der Waals surface area contributed by atoms with Crippen molar-refractivity contribution in [1.82, 2.24) is 36.6 Å². The number of aromatic amines is 1. The molecule has 6 atom stereocenters. The van der Waals surface area contributed by atoms with Crippen molar-refractivity contribution in [2.45, 2.75) is 75.8 Å². The van der Waals surface area contributed by atoms with Crippen molar-refractivity contribution < 1.29 is 57.9 Å². The predicted octanol–water partition coefficient (Wildman–Crippen LogP) is -3.11. The lowest BCUT2D eigenvalue weighted by Crippen LogP contribution is -2.62. The molecule has 45 heavy (non-hydrogen) atoms. The number of amides is 5. The number of aliphatic hydroxyl groups is 1. The molecule has 5 amide bonds. The molecule has 2 rings (SSSR count). The molecule has 1 aromatic heterocycles. The number of rotatable bonds is 10. The molecule has 1 aliphatic heterocycles. The zero-order chi connectivity index (χ0) is 33.7. The number of hydrogen-bond acceptors (Lipinski definition) is 11. The largest absolute Gasteiger partial charge is 0.480 e. The van der Waals surface area contributed by atoms with Gasteiger partial charge in [0.1, 0.15) is 30.2 Å². The van der Waals surface area contributed by atoms with Crippen molar-refractivity contribution in [3.05, 3.63) is 18.2 Å². The zero-order valence-electron chi connectivity index (χ0n) is 24.4. The van der Waals surface area contributed by atoms with Crippen molar-refractivity contribution in [3.63, 3.8) is 0 Å². The van der Waals surface area contributed by atoms with Crippen LogP contribution in [0.15, 0.2) is 12.5 Å². The lowest BCUT2D eigenvalue weighted by atomic mass is 10.1. The third kappa shape index (κ3) is 12.8. The number of unbranched alkanes of at least 4 members (excludes halogenated alkanes) is 1. The van der Waals surface area contributed by atoms with E-state index in [1.54, 1.807) is 0 Å². The number of carboxylic acid groups (broad SMARTS) is 1. The third-order valence-electron chi connectivity index (χ3n) is 6.41. The number of phosphoric acid groups is 1. The highest BCUT2D eigenvalue weighted by atomic mass is 32.2. The van der Waals surface area contributed by atoms with Gasteiger partial charge in [0.15, 0.2) is 0 Å². The van der Waals surface area contributed by atoms with Crippen molar-refractivity contribution in [1.29, 1.82) is 0 Å². The Labute approximate surface area is 261 Å². The predicted molar refractivity (Wildman–Crippen MR) is 156 cm³/mol. The molecule has 0 saturated carbocycles. The van der Waals surface area contributed by atoms with Crippen molar-refractivity contribution in [2.75, 3.05) is 18.1 Å². The molecule has 252 valence electrons. The van der Waals surface area contributed by atoms with E-state index in [1.807, 2.05) is 6.92 Å². The first-order valence-corrected chi connectivity index (χ1v) is 16.5. The lowest BCUT2D eigenvalue weighted by molar-refractivity contribution is -0.142. The molecule has 0 radical (unpaired) electrons. The van der Waals surface area contributed by atoms with Crippen LogP contribution >= 0.6 is 19.6 Å². The molecule has 0 spiro atoms. The first-order chi connectivity index (χ1) is 21.1. The van der Waals surface area contributed by atoms with Crippen LogP contribution in [-0.4, -0.2) is 120 Å². The van der Waals surface area contributed by atoms with Crippen molar-refractivity contribution >= 4 is 55.1 Å². The molecule has 0 bridgehead atoms. The van der Waals surface area contributed by atoms with Gasteiger partial charge in [-0.3, -0.25) is 28.5 Å². The first-order valence-electron chi connectivity index (χ1n) is 13.8. The van der Waals surface area contributed by atoms with Crippen LogP contribution in [0, 0.1) is 0 Å². The Morgan fingerprint density at radius 3 is 2.24 bits per heavy atom. The van der Waals surface area contributed by atoms with Gasteiger partial charge in [0.05, 0.1) is 24.8 Å². The number of phosphoric ester groups is 1. The summed E-state index contributed by atoms with van der Waals surface area (Å²) in [5.74, 6) is -6.91. The average Bonchev–Trinajstić information content (AvgIpc) is 3.47. The molecule has 1 aliphatic rings. The van der Waals surface area contributed by atoms with Gasteiger partial charge in [0.2, 0.25) is 29.5 Å². The lowest BCUT2D eigenvalue weighted by Gasteiger charge is -2.28. The van der Waals surface area contributed by atoms with Gasteiger partial charge in [0, 0.05) is 24.1 Å². The summed E-state index contributed by atoms with van der Waals surface area (Å²) in [5, 5.41) is 31.2. The van der Waals surface area contributed by atoms with Gasteiger partial charge in [-0.25, -0.2) is 14.3 Å². The van der Waals surface area contributed by atoms with E-state index in [4.69, 9.17) is 0 Å². The topological polar surface area (TPSA) is 298 Å². The maximum atomic E-state index is 13.4. The van der Waals surface area contributed by atoms with E-state index in [0.29, 0.717) is 18.5 Å². The summed E-state index contributed by atoms with van der Waals surface area (Å²) in [7, 11) is -5.22. The first kappa shape index (κ1) is 37.6. The number of aliphatic carboxylic acids is 1. The summed E-state index contributed by atoms with van der Waals surface area (Å²) in [6.45, 7) is 1.87. The standard InChI is InChI=1S/C24H38N7O12PS/c1-3-4-5-14-20(34)28-15(6-13-7-25-11-26-13)21(35)29-16(8-32)22(36)31-19(12(2)43-44(40,41)42)23(37)30-17(24(38)39)9-45-10-18(33)27-14/h7,11-12,14-17,19,32H,3-6,8-10H2,1-2H3,(H,25,26)(H,27,33)(H,28,34)(H,29,35)(H,30,37)(H,31,36)(H,38,39)(H2,40,41,42)/t12-,14+,15+,16+,17+,19+/m1/s1. The minimum Gasteiger partial charge on any atom is -0.480 e. The summed E-state index contributed by atoms with van der Waals surface area (Å²) in [5.41, 5.74) is 0.418. The van der Waals surface area contributed by atoms with Crippen LogP contribution in [-0.2, 0) is 44.3 Å². The van der Waals surface area contributed by atoms with Crippen molar-refractivity contribution in [2.24, 2.45) is 0 Å². The molecule has 0 aliphatic carbocycles. The SMILES string of the molecule is CCCC[C@@H]1NC(=O)CSC[C@@H](C(=O)O)NC(=O)[C@H]([C@@H](C)OP(=O)(O)O)NC(=O)[C@H](CO)NC(=O)[C@H](Cc2cnc[nH]2)NC1=O. The molecule has 10 N–H and O–H groups in total.